The molecule has 0 saturated carbocycles. The minimum atomic E-state index is -4.66. The highest BCUT2D eigenvalue weighted by atomic mass is 35.5. The first-order chi connectivity index (χ1) is 19.4. The number of carbonyl (C=O) groups excluding carboxylic acids is 1. The number of halogens is 4. The Balaban J connectivity index is 1.48. The maximum Gasteiger partial charge on any atom is 0.420 e. The van der Waals surface area contributed by atoms with Gasteiger partial charge in [-0.1, -0.05) is 11.6 Å². The number of likely N-dealkylation sites (tertiary alicyclic amines) is 1. The van der Waals surface area contributed by atoms with Crippen molar-refractivity contribution in [3.63, 3.8) is 0 Å². The number of carbonyl (C=O) groups is 1. The lowest BCUT2D eigenvalue weighted by atomic mass is 9.69. The molecule has 0 bridgehead atoms. The van der Waals surface area contributed by atoms with Crippen molar-refractivity contribution in [1.82, 2.24) is 30.0 Å². The summed E-state index contributed by atoms with van der Waals surface area (Å²) in [5, 5.41) is 15.3. The van der Waals surface area contributed by atoms with Gasteiger partial charge in [-0.05, 0) is 69.8 Å². The van der Waals surface area contributed by atoms with E-state index in [1.807, 2.05) is 6.07 Å². The van der Waals surface area contributed by atoms with Gasteiger partial charge in [0.25, 0.3) is 0 Å². The molecule has 1 saturated heterocycles. The lowest BCUT2D eigenvalue weighted by molar-refractivity contribution is -0.138. The van der Waals surface area contributed by atoms with E-state index in [-0.39, 0.29) is 41.6 Å². The van der Waals surface area contributed by atoms with Crippen molar-refractivity contribution >= 4 is 46.7 Å². The normalized spacial score (nSPS) is 23.3. The third-order valence-corrected chi connectivity index (χ3v) is 8.15. The second kappa shape index (κ2) is 11.3. The summed E-state index contributed by atoms with van der Waals surface area (Å²) in [4.78, 5) is 27.7. The summed E-state index contributed by atoms with van der Waals surface area (Å²) in [6, 6.07) is 5.88. The van der Waals surface area contributed by atoms with Crippen LogP contribution in [0.25, 0.3) is 0 Å². The number of fused-ring (bicyclic) bond motifs is 3. The molecular formula is C26H32ClF3N10O. The maximum absolute atomic E-state index is 13.5. The molecule has 15 heteroatoms. The molecule has 0 radical (unpaired) electrons. The van der Waals surface area contributed by atoms with Gasteiger partial charge in [0.15, 0.2) is 0 Å². The van der Waals surface area contributed by atoms with Crippen molar-refractivity contribution in [3.05, 3.63) is 40.7 Å². The van der Waals surface area contributed by atoms with E-state index >= 15 is 0 Å². The average molecular weight is 593 g/mol. The van der Waals surface area contributed by atoms with Crippen molar-refractivity contribution in [3.8, 4) is 0 Å². The summed E-state index contributed by atoms with van der Waals surface area (Å²) in [5.74, 6) is 0.0248. The van der Waals surface area contributed by atoms with E-state index in [1.54, 1.807) is 12.1 Å². The molecule has 1 amide bonds. The fourth-order valence-electron chi connectivity index (χ4n) is 6.00. The molecule has 1 fully saturated rings. The zero-order chi connectivity index (χ0) is 29.5. The molecule has 2 aromatic heterocycles. The van der Waals surface area contributed by atoms with E-state index < -0.39 is 16.9 Å². The minimum absolute atomic E-state index is 0.0188. The van der Waals surface area contributed by atoms with Gasteiger partial charge in [-0.3, -0.25) is 9.69 Å². The van der Waals surface area contributed by atoms with E-state index in [4.69, 9.17) is 17.3 Å². The van der Waals surface area contributed by atoms with Crippen LogP contribution in [0.1, 0.15) is 50.7 Å². The number of nitrogens with one attached hydrogen (secondary N) is 4. The zero-order valence-electron chi connectivity index (χ0n) is 22.8. The largest absolute Gasteiger partial charge is 0.420 e. The van der Waals surface area contributed by atoms with Crippen LogP contribution in [0.3, 0.4) is 0 Å². The van der Waals surface area contributed by atoms with Crippen molar-refractivity contribution < 1.29 is 18.0 Å². The van der Waals surface area contributed by atoms with Gasteiger partial charge in [-0.2, -0.15) is 18.2 Å². The van der Waals surface area contributed by atoms with Crippen LogP contribution in [0.2, 0.25) is 5.15 Å². The Kier molecular flexibility index (Phi) is 7.97. The molecule has 0 aliphatic carbocycles. The standard InChI is InChI=1S/C26H32ClF3N10O/c1-12(2)40-7-6-14(10-32-25-37-23(31)38-39-25)20-16-9-15(4-5-19(16)35-22(41)17(20)8-13(40)3)34-24-33-11-18(21(27)36-24)26(28,29)30/h4-5,9,11-14,17,20H,6-8,10H2,1-3H3,(H,35,41)(H,33,34,36)(H4,31,32,37,38,39). The van der Waals surface area contributed by atoms with E-state index in [2.05, 4.69) is 66.8 Å². The monoisotopic (exact) mass is 592 g/mol. The Morgan fingerprint density at radius 2 is 2.02 bits per heavy atom. The number of aromatic amines is 1. The van der Waals surface area contributed by atoms with Gasteiger partial charge < -0.3 is 21.7 Å². The van der Waals surface area contributed by atoms with Gasteiger partial charge in [0, 0.05) is 48.0 Å². The third-order valence-electron chi connectivity index (χ3n) is 7.86. The van der Waals surface area contributed by atoms with Gasteiger partial charge in [-0.15, -0.1) is 5.10 Å². The molecule has 41 heavy (non-hydrogen) atoms. The number of rotatable bonds is 6. The number of nitrogens with zero attached hydrogens (tertiary/aromatic N) is 5. The first-order valence-electron chi connectivity index (χ1n) is 13.4. The predicted octanol–water partition coefficient (Wildman–Crippen LogP) is 4.87. The molecule has 2 aliphatic rings. The zero-order valence-corrected chi connectivity index (χ0v) is 23.5. The van der Waals surface area contributed by atoms with Gasteiger partial charge in [0.05, 0.1) is 0 Å². The quantitative estimate of drug-likeness (QED) is 0.253. The number of nitrogen functional groups attached to an aromatic ring is 1. The highest BCUT2D eigenvalue weighted by Gasteiger charge is 2.43. The summed E-state index contributed by atoms with van der Waals surface area (Å²) in [6.45, 7) is 7.81. The first-order valence-corrected chi connectivity index (χ1v) is 13.8. The summed E-state index contributed by atoms with van der Waals surface area (Å²) >= 11 is 5.80. The van der Waals surface area contributed by atoms with Crippen molar-refractivity contribution in [2.45, 2.75) is 57.8 Å². The number of nitrogens with two attached hydrogens (primary N) is 1. The second-order valence-electron chi connectivity index (χ2n) is 10.8. The Labute approximate surface area is 239 Å². The lowest BCUT2D eigenvalue weighted by Crippen LogP contribution is -2.49. The number of hydrogen-bond donors (Lipinski definition) is 5. The predicted molar refractivity (Wildman–Crippen MR) is 150 cm³/mol. The number of aromatic nitrogens is 5. The number of hydrogen-bond acceptors (Lipinski definition) is 9. The van der Waals surface area contributed by atoms with E-state index in [0.717, 1.165) is 18.5 Å². The van der Waals surface area contributed by atoms with Crippen LogP contribution in [0.4, 0.5) is 42.4 Å². The molecule has 4 atom stereocenters. The number of anilines is 5. The van der Waals surface area contributed by atoms with Crippen molar-refractivity contribution in [2.24, 2.45) is 11.8 Å². The Morgan fingerprint density at radius 1 is 1.24 bits per heavy atom. The molecule has 6 N–H and O–H groups in total. The lowest BCUT2D eigenvalue weighted by Gasteiger charge is -2.45. The van der Waals surface area contributed by atoms with Crippen LogP contribution in [0.15, 0.2) is 24.4 Å². The SMILES string of the molecule is CC(C)N1CCC(CNc2n[nH]c(N)n2)C2c3cc(Nc4ncc(C(F)(F)F)c(Cl)n4)ccc3NC(=O)C2CC1C. The molecule has 220 valence electrons. The molecule has 1 aromatic carbocycles. The number of alkyl halides is 3. The fraction of sp³-hybridized carbons (Fsp3) is 0.500. The maximum atomic E-state index is 13.5. The van der Waals surface area contributed by atoms with Crippen LogP contribution in [0, 0.1) is 11.8 Å². The molecule has 3 aromatic rings. The molecule has 5 rings (SSSR count). The van der Waals surface area contributed by atoms with Crippen LogP contribution < -0.4 is 21.7 Å². The number of amides is 1. The molecule has 11 nitrogen and oxygen atoms in total. The van der Waals surface area contributed by atoms with Gasteiger partial charge in [0.1, 0.15) is 10.7 Å². The summed E-state index contributed by atoms with van der Waals surface area (Å²) in [6.07, 6.45) is -2.54. The highest BCUT2D eigenvalue weighted by molar-refractivity contribution is 6.30. The fourth-order valence-corrected chi connectivity index (χ4v) is 6.24. The minimum Gasteiger partial charge on any atom is -0.368 e. The first kappa shape index (κ1) is 28.9. The summed E-state index contributed by atoms with van der Waals surface area (Å²) in [5.41, 5.74) is 6.75. The smallest absolute Gasteiger partial charge is 0.368 e. The van der Waals surface area contributed by atoms with Gasteiger partial charge >= 0.3 is 6.18 Å². The van der Waals surface area contributed by atoms with Crippen LogP contribution >= 0.6 is 11.6 Å². The molecule has 2 aliphatic heterocycles. The average Bonchev–Trinajstić information content (AvgIpc) is 3.30. The van der Waals surface area contributed by atoms with Crippen molar-refractivity contribution in [2.75, 3.05) is 34.8 Å². The topological polar surface area (TPSA) is 150 Å². The summed E-state index contributed by atoms with van der Waals surface area (Å²) in [7, 11) is 0. The van der Waals surface area contributed by atoms with E-state index in [9.17, 15) is 18.0 Å². The van der Waals surface area contributed by atoms with Crippen molar-refractivity contribution in [1.29, 1.82) is 0 Å². The third kappa shape index (κ3) is 6.17. The Morgan fingerprint density at radius 3 is 2.68 bits per heavy atom. The number of H-pyrrole nitrogens is 1. The van der Waals surface area contributed by atoms with Crippen LogP contribution in [-0.4, -0.2) is 61.1 Å². The molecule has 4 unspecified atom stereocenters. The van der Waals surface area contributed by atoms with Gasteiger partial charge in [-0.25, -0.2) is 15.1 Å². The Hall–Kier alpha value is -3.65. The van der Waals surface area contributed by atoms with Gasteiger partial charge in [0.2, 0.25) is 23.8 Å². The van der Waals surface area contributed by atoms with Crippen LogP contribution in [0.5, 0.6) is 0 Å². The summed E-state index contributed by atoms with van der Waals surface area (Å²) < 4.78 is 39.3. The van der Waals surface area contributed by atoms with E-state index in [1.165, 1.54) is 0 Å². The highest BCUT2D eigenvalue weighted by Crippen LogP contribution is 2.46. The number of benzene rings is 1. The molecule has 4 heterocycles. The molecular weight excluding hydrogens is 561 g/mol. The Bertz CT molecular complexity index is 1410. The second-order valence-corrected chi connectivity index (χ2v) is 11.2. The van der Waals surface area contributed by atoms with E-state index in [0.29, 0.717) is 42.5 Å². The molecule has 0 spiro atoms. The van der Waals surface area contributed by atoms with Crippen LogP contribution in [-0.2, 0) is 11.0 Å².